The fourth-order valence-corrected chi connectivity index (χ4v) is 4.56. The van der Waals surface area contributed by atoms with Crippen molar-refractivity contribution in [3.63, 3.8) is 0 Å². The fourth-order valence-electron chi connectivity index (χ4n) is 4.30. The van der Waals surface area contributed by atoms with E-state index in [1.807, 2.05) is 52.9 Å². The molecule has 0 fully saturated rings. The van der Waals surface area contributed by atoms with Crippen LogP contribution in [0.25, 0.3) is 10.8 Å². The molecule has 0 saturated heterocycles. The Kier molecular flexibility index (Phi) is 43.2. The van der Waals surface area contributed by atoms with Crippen LogP contribution in [0, 0.1) is 43.9 Å². The van der Waals surface area contributed by atoms with Crippen LogP contribution in [0.2, 0.25) is 5.02 Å². The Morgan fingerprint density at radius 3 is 1.71 bits per heavy atom. The molecule has 56 heavy (non-hydrogen) atoms. The second-order valence-corrected chi connectivity index (χ2v) is 17.2. The largest absolute Gasteiger partial charge is 0.300 e. The maximum absolute atomic E-state index is 9.44. The van der Waals surface area contributed by atoms with E-state index in [2.05, 4.69) is 145 Å². The number of halogens is 1. The quantitative estimate of drug-likeness (QED) is 0.151. The molecule has 1 aromatic heterocycles. The van der Waals surface area contributed by atoms with Crippen LogP contribution < -0.4 is 0 Å². The third-order valence-electron chi connectivity index (χ3n) is 7.81. The monoisotopic (exact) mass is 794 g/mol. The zero-order valence-electron chi connectivity index (χ0n) is 40.7. The van der Waals surface area contributed by atoms with Gasteiger partial charge < -0.3 is 4.79 Å². The van der Waals surface area contributed by atoms with Gasteiger partial charge in [-0.15, -0.1) is 13.2 Å². The first-order valence-electron chi connectivity index (χ1n) is 21.3. The molecular weight excluding hydrogens is 702 g/mol. The Morgan fingerprint density at radius 1 is 0.839 bits per heavy atom. The van der Waals surface area contributed by atoms with Crippen molar-refractivity contribution in [3.05, 3.63) is 113 Å². The van der Waals surface area contributed by atoms with Gasteiger partial charge in [0, 0.05) is 22.3 Å². The maximum Gasteiger partial charge on any atom is 0.126 e. The predicted molar refractivity (Wildman–Crippen MR) is 262 cm³/mol. The maximum atomic E-state index is 9.44. The molecule has 3 heteroatoms. The molecule has 0 spiro atoms. The summed E-state index contributed by atoms with van der Waals surface area (Å²) in [7, 11) is 0. The van der Waals surface area contributed by atoms with Gasteiger partial charge in [0.25, 0.3) is 0 Å². The van der Waals surface area contributed by atoms with E-state index >= 15 is 0 Å². The Bertz CT molecular complexity index is 1380. The van der Waals surface area contributed by atoms with Crippen molar-refractivity contribution in [2.75, 3.05) is 0 Å². The van der Waals surface area contributed by atoms with E-state index < -0.39 is 0 Å². The zero-order chi connectivity index (χ0) is 45.0. The number of unbranched alkanes of at least 4 members (excludes halogenated alkanes) is 2. The van der Waals surface area contributed by atoms with Gasteiger partial charge in [-0.2, -0.15) is 0 Å². The lowest BCUT2D eigenvalue weighted by atomic mass is 9.92. The third kappa shape index (κ3) is 45.4. The Hall–Kier alpha value is -2.97. The molecule has 0 aliphatic carbocycles. The second kappa shape index (κ2) is 38.9. The number of rotatable bonds is 10. The molecule has 1 heterocycles. The van der Waals surface area contributed by atoms with Gasteiger partial charge in [0.1, 0.15) is 5.78 Å². The number of benzene rings is 2. The smallest absolute Gasteiger partial charge is 0.126 e. The van der Waals surface area contributed by atoms with E-state index in [-0.39, 0.29) is 5.78 Å². The highest BCUT2D eigenvalue weighted by Gasteiger charge is 2.05. The summed E-state index contributed by atoms with van der Waals surface area (Å²) in [5.41, 5.74) is 7.90. The van der Waals surface area contributed by atoms with Crippen LogP contribution in [0.15, 0.2) is 85.6 Å². The van der Waals surface area contributed by atoms with E-state index in [1.54, 1.807) is 6.08 Å². The summed E-state index contributed by atoms with van der Waals surface area (Å²) in [5, 5.41) is 3.42. The molecule has 0 amide bonds. The minimum Gasteiger partial charge on any atom is -0.300 e. The van der Waals surface area contributed by atoms with Crippen LogP contribution in [0.1, 0.15) is 179 Å². The van der Waals surface area contributed by atoms with Crippen LogP contribution in [0.3, 0.4) is 0 Å². The third-order valence-corrected chi connectivity index (χ3v) is 8.35. The predicted octanol–water partition coefficient (Wildman–Crippen LogP) is 18.3. The van der Waals surface area contributed by atoms with Gasteiger partial charge in [0.2, 0.25) is 0 Å². The number of carbonyl (C=O) groups is 1. The molecule has 0 aliphatic heterocycles. The number of aryl methyl sites for hydroxylation is 4. The van der Waals surface area contributed by atoms with Crippen LogP contribution >= 0.6 is 11.6 Å². The summed E-state index contributed by atoms with van der Waals surface area (Å²) in [5.74, 6) is 2.48. The molecule has 0 aliphatic rings. The number of allylic oxidation sites excluding steroid dienone is 3. The van der Waals surface area contributed by atoms with Gasteiger partial charge >= 0.3 is 0 Å². The summed E-state index contributed by atoms with van der Waals surface area (Å²) in [6.07, 6.45) is 12.8. The number of hydrogen-bond acceptors (Lipinski definition) is 2. The van der Waals surface area contributed by atoms with E-state index in [1.165, 1.54) is 91.0 Å². The van der Waals surface area contributed by atoms with Crippen molar-refractivity contribution < 1.29 is 4.79 Å². The number of fused-ring (bicyclic) bond motifs is 1. The second-order valence-electron chi connectivity index (χ2n) is 16.9. The van der Waals surface area contributed by atoms with Crippen molar-refractivity contribution in [3.8, 4) is 0 Å². The number of ketones is 1. The number of hydrogen-bond donors (Lipinski definition) is 0. The van der Waals surface area contributed by atoms with Crippen molar-refractivity contribution in [1.29, 1.82) is 0 Å². The van der Waals surface area contributed by atoms with Gasteiger partial charge in [-0.05, 0) is 120 Å². The molecule has 0 N–H and O–H groups in total. The first-order valence-corrected chi connectivity index (χ1v) is 21.7. The molecule has 3 rings (SSSR count). The van der Waals surface area contributed by atoms with Gasteiger partial charge in [0.05, 0.1) is 0 Å². The lowest BCUT2D eigenvalue weighted by Crippen LogP contribution is -2.03. The van der Waals surface area contributed by atoms with Crippen LogP contribution in [-0.2, 0) is 11.2 Å². The number of nitrogens with zero attached hydrogens (tertiary/aromatic N) is 1. The van der Waals surface area contributed by atoms with E-state index in [0.29, 0.717) is 11.3 Å². The van der Waals surface area contributed by atoms with E-state index in [4.69, 9.17) is 11.6 Å². The Labute approximate surface area is 356 Å². The van der Waals surface area contributed by atoms with Gasteiger partial charge in [-0.25, -0.2) is 0 Å². The molecule has 322 valence electrons. The summed E-state index contributed by atoms with van der Waals surface area (Å²) < 4.78 is 0. The summed E-state index contributed by atoms with van der Waals surface area (Å²) >= 11 is 5.99. The Morgan fingerprint density at radius 2 is 1.34 bits per heavy atom. The molecule has 2 aromatic carbocycles. The minimum atomic E-state index is 0.167. The van der Waals surface area contributed by atoms with Crippen LogP contribution in [0.5, 0.6) is 0 Å². The van der Waals surface area contributed by atoms with Crippen molar-refractivity contribution in [2.45, 2.75) is 183 Å². The summed E-state index contributed by atoms with van der Waals surface area (Å²) in [6, 6.07) is 14.7. The molecule has 0 saturated carbocycles. The van der Waals surface area contributed by atoms with E-state index in [9.17, 15) is 4.79 Å². The fraction of sp³-hybridized carbons (Fsp3) is 0.585. The molecule has 2 unspecified atom stereocenters. The number of pyridine rings is 1. The summed E-state index contributed by atoms with van der Waals surface area (Å²) in [6.45, 7) is 52.6. The standard InChI is InChI=1S/C12H24.C11H11N.C9H11Cl.C8H16.C5H12.C3H6O.C3H6.C2H6/c1-5-6-7-8-12(4)10-9-11(2)3;1-8-3-4-10-7-12-9(2)6-11(10)5-8;1-3-8-6-4-5-7(2)9(8)10;1-6(2)8(5)7(3)4;1-5(2,3)4;1-3(2)4;1-3-2;1-2/h12H,2,5-10H2,1,3-4H3;3-7H,1-2H3;4-6H,3H2,1-2H3;7-8H,1H2,2-5H3;1-4H3;1-2H3;3H,1H2,2H3;1-2H3. The van der Waals surface area contributed by atoms with Gasteiger partial charge in [-0.1, -0.05) is 186 Å². The highest BCUT2D eigenvalue weighted by molar-refractivity contribution is 6.32. The first kappa shape index (κ1) is 62.2. The molecule has 2 atom stereocenters. The zero-order valence-corrected chi connectivity index (χ0v) is 41.5. The van der Waals surface area contributed by atoms with Crippen molar-refractivity contribution >= 4 is 28.2 Å². The van der Waals surface area contributed by atoms with Crippen molar-refractivity contribution in [1.82, 2.24) is 4.98 Å². The normalized spacial score (nSPS) is 10.7. The number of aromatic nitrogens is 1. The van der Waals surface area contributed by atoms with Crippen LogP contribution in [-0.4, -0.2) is 10.8 Å². The summed E-state index contributed by atoms with van der Waals surface area (Å²) in [4.78, 5) is 13.7. The SMILES string of the molecule is C=C(C)C(C)C(C)C.C=C(C)CCC(C)CCCCC.C=CC.CC.CC(C)(C)C.CC(C)=O.CCc1cccc(C)c1Cl.Cc1ccc2cnc(C)cc2c1. The van der Waals surface area contributed by atoms with E-state index in [0.717, 1.165) is 29.0 Å². The van der Waals surface area contributed by atoms with Crippen molar-refractivity contribution in [2.24, 2.45) is 23.2 Å². The molecule has 2 nitrogen and oxygen atoms in total. The minimum absolute atomic E-state index is 0.167. The molecule has 0 bridgehead atoms. The topological polar surface area (TPSA) is 30.0 Å². The van der Waals surface area contributed by atoms with Crippen LogP contribution in [0.4, 0.5) is 0 Å². The Balaban J connectivity index is -0.000000187. The lowest BCUT2D eigenvalue weighted by molar-refractivity contribution is -0.115. The molecule has 3 aromatic rings. The average Bonchev–Trinajstić information content (AvgIpc) is 3.09. The first-order chi connectivity index (χ1) is 25.9. The van der Waals surface area contributed by atoms with Gasteiger partial charge in [0.15, 0.2) is 0 Å². The highest BCUT2D eigenvalue weighted by atomic mass is 35.5. The number of Topliss-reactive ketones (excluding diaryl/α,β-unsaturated/α-hetero) is 1. The molecule has 0 radical (unpaired) electrons. The molecular formula is C53H92ClNO. The lowest BCUT2D eigenvalue weighted by Gasteiger charge is -2.13. The average molecular weight is 795 g/mol. The highest BCUT2D eigenvalue weighted by Crippen LogP contribution is 2.20. The van der Waals surface area contributed by atoms with Gasteiger partial charge in [-0.3, -0.25) is 4.98 Å². The number of carbonyl (C=O) groups excluding carboxylic acids is 1.